The summed E-state index contributed by atoms with van der Waals surface area (Å²) in [5.41, 5.74) is 1.77. The highest BCUT2D eigenvalue weighted by molar-refractivity contribution is 9.11. The van der Waals surface area contributed by atoms with Crippen LogP contribution < -0.4 is 0 Å². The van der Waals surface area contributed by atoms with Gasteiger partial charge in [0.1, 0.15) is 0 Å². The molecule has 0 fully saturated rings. The summed E-state index contributed by atoms with van der Waals surface area (Å²) in [4.78, 5) is 1.72. The first-order chi connectivity index (χ1) is 4.87. The lowest BCUT2D eigenvalue weighted by Gasteiger charge is -1.99. The van der Waals surface area contributed by atoms with Gasteiger partial charge in [-0.2, -0.15) is 0 Å². The van der Waals surface area contributed by atoms with Crippen LogP contribution in [0.5, 0.6) is 0 Å². The van der Waals surface area contributed by atoms with Crippen LogP contribution in [-0.4, -0.2) is 0 Å². The van der Waals surface area contributed by atoms with Crippen molar-refractivity contribution in [2.45, 2.75) is 13.8 Å². The van der Waals surface area contributed by atoms with Crippen LogP contribution in [0.4, 0.5) is 0 Å². The van der Waals surface area contributed by atoms with Crippen molar-refractivity contribution < 1.29 is 4.57 Å². The summed E-state index contributed by atoms with van der Waals surface area (Å²) >= 11 is 13.8. The van der Waals surface area contributed by atoms with Crippen molar-refractivity contribution in [1.29, 1.82) is 0 Å². The highest BCUT2D eigenvalue weighted by Crippen LogP contribution is 2.59. The van der Waals surface area contributed by atoms with Crippen molar-refractivity contribution in [2.24, 2.45) is 0 Å². The molecular weight excluding hydrogens is 270 g/mol. The lowest BCUT2D eigenvalue weighted by atomic mass is 10.2. The summed E-state index contributed by atoms with van der Waals surface area (Å²) in [6, 6.07) is 0. The van der Waals surface area contributed by atoms with E-state index in [1.165, 1.54) is 5.82 Å². The van der Waals surface area contributed by atoms with Crippen molar-refractivity contribution in [3.63, 3.8) is 0 Å². The first-order valence-corrected chi connectivity index (χ1v) is 7.33. The summed E-state index contributed by atoms with van der Waals surface area (Å²) in [6.45, 7) is 3.66. The van der Waals surface area contributed by atoms with Gasteiger partial charge >= 0.3 is 0 Å². The zero-order valence-corrected chi connectivity index (χ0v) is 10.1. The van der Waals surface area contributed by atoms with E-state index in [1.807, 2.05) is 6.92 Å². The van der Waals surface area contributed by atoms with E-state index in [9.17, 15) is 4.57 Å². The molecule has 64 valence electrons. The SMILES string of the molecule is CC(=C/Br)/C(C)=C/P(=O)(Cl)Cl. The molecule has 0 radical (unpaired) electrons. The third-order valence-corrected chi connectivity index (χ3v) is 3.09. The first-order valence-electron chi connectivity index (χ1n) is 2.82. The van der Waals surface area contributed by atoms with Gasteiger partial charge in [0.05, 0.1) is 0 Å². The molecule has 0 atom stereocenters. The second-order valence-corrected chi connectivity index (χ2v) is 7.36. The van der Waals surface area contributed by atoms with Crippen LogP contribution >= 0.6 is 44.3 Å². The molecule has 0 N–H and O–H groups in total. The predicted octanol–water partition coefficient (Wildman–Crippen LogP) is 4.86. The number of rotatable bonds is 2. The Morgan fingerprint density at radius 3 is 2.09 bits per heavy atom. The van der Waals surface area contributed by atoms with E-state index in [2.05, 4.69) is 15.9 Å². The largest absolute Gasteiger partial charge is 0.285 e. The summed E-state index contributed by atoms with van der Waals surface area (Å²) in [6.07, 6.45) is 0. The van der Waals surface area contributed by atoms with E-state index in [4.69, 9.17) is 22.5 Å². The molecule has 1 nitrogen and oxygen atoms in total. The van der Waals surface area contributed by atoms with Crippen molar-refractivity contribution in [3.8, 4) is 0 Å². The Morgan fingerprint density at radius 2 is 1.82 bits per heavy atom. The van der Waals surface area contributed by atoms with Gasteiger partial charge < -0.3 is 0 Å². The van der Waals surface area contributed by atoms with Crippen LogP contribution in [-0.2, 0) is 4.57 Å². The fourth-order valence-corrected chi connectivity index (χ4v) is 2.31. The molecule has 0 saturated carbocycles. The standard InChI is InChI=1S/C6H8BrCl2OP/c1-5(3-7)6(2)4-11(8,9)10/h3-4H,1-2H3/b5-3-,6-4+. The average Bonchev–Trinajstić information content (AvgIpc) is 1.82. The van der Waals surface area contributed by atoms with Crippen LogP contribution in [0.25, 0.3) is 0 Å². The van der Waals surface area contributed by atoms with Gasteiger partial charge in [-0.25, -0.2) is 0 Å². The third-order valence-electron chi connectivity index (χ3n) is 1.13. The van der Waals surface area contributed by atoms with Crippen LogP contribution in [0, 0.1) is 0 Å². The quantitative estimate of drug-likeness (QED) is 0.520. The zero-order chi connectivity index (χ0) is 9.07. The monoisotopic (exact) mass is 276 g/mol. The third kappa shape index (κ3) is 5.98. The van der Waals surface area contributed by atoms with Crippen LogP contribution in [0.15, 0.2) is 21.9 Å². The summed E-state index contributed by atoms with van der Waals surface area (Å²) in [5, 5.41) is 0. The Labute approximate surface area is 84.5 Å². The molecule has 0 amide bonds. The maximum absolute atomic E-state index is 10.9. The molecular formula is C6H8BrCl2OP. The van der Waals surface area contributed by atoms with Crippen LogP contribution in [0.2, 0.25) is 0 Å². The molecule has 5 heteroatoms. The molecule has 0 aromatic carbocycles. The number of hydrogen-bond donors (Lipinski definition) is 0. The second kappa shape index (κ2) is 4.71. The van der Waals surface area contributed by atoms with Crippen molar-refractivity contribution in [1.82, 2.24) is 0 Å². The van der Waals surface area contributed by atoms with Crippen molar-refractivity contribution in [3.05, 3.63) is 21.9 Å². The number of halogens is 3. The Morgan fingerprint density at radius 1 is 1.36 bits per heavy atom. The van der Waals surface area contributed by atoms with Crippen molar-refractivity contribution >= 4 is 44.3 Å². The van der Waals surface area contributed by atoms with E-state index in [-0.39, 0.29) is 0 Å². The molecule has 0 aromatic rings. The number of hydrogen-bond acceptors (Lipinski definition) is 1. The van der Waals surface area contributed by atoms with Gasteiger partial charge in [0.25, 0.3) is 5.85 Å². The van der Waals surface area contributed by atoms with Gasteiger partial charge in [0.2, 0.25) is 0 Å². The summed E-state index contributed by atoms with van der Waals surface area (Å²) in [5.74, 6) is -1.70. The fraction of sp³-hybridized carbons (Fsp3) is 0.333. The minimum atomic E-state index is -3.07. The zero-order valence-electron chi connectivity index (χ0n) is 6.14. The van der Waals surface area contributed by atoms with E-state index >= 15 is 0 Å². The van der Waals surface area contributed by atoms with Crippen molar-refractivity contribution in [2.75, 3.05) is 0 Å². The molecule has 0 saturated heterocycles. The molecule has 0 aliphatic heterocycles. The Hall–Kier alpha value is 0.770. The second-order valence-electron chi connectivity index (χ2n) is 2.11. The minimum absolute atomic E-state index is 0.815. The lowest BCUT2D eigenvalue weighted by molar-refractivity contribution is 0.597. The smallest absolute Gasteiger partial charge is 0.275 e. The Balaban J connectivity index is 4.62. The highest BCUT2D eigenvalue weighted by Gasteiger charge is 2.09. The average molecular weight is 278 g/mol. The maximum atomic E-state index is 10.9. The minimum Gasteiger partial charge on any atom is -0.285 e. The molecule has 0 bridgehead atoms. The molecule has 0 heterocycles. The molecule has 11 heavy (non-hydrogen) atoms. The van der Waals surface area contributed by atoms with Gasteiger partial charge in [-0.3, -0.25) is 4.57 Å². The molecule has 0 unspecified atom stereocenters. The Kier molecular flexibility index (Phi) is 5.04. The van der Waals surface area contributed by atoms with Gasteiger partial charge in [-0.1, -0.05) is 15.9 Å². The first kappa shape index (κ1) is 11.8. The Bertz CT molecular complexity index is 241. The van der Waals surface area contributed by atoms with E-state index in [0.717, 1.165) is 11.1 Å². The van der Waals surface area contributed by atoms with Gasteiger partial charge in [-0.15, -0.1) is 0 Å². The predicted molar refractivity (Wildman–Crippen MR) is 55.8 cm³/mol. The van der Waals surface area contributed by atoms with Gasteiger partial charge in [-0.05, 0) is 52.5 Å². The fourth-order valence-electron chi connectivity index (χ4n) is 0.413. The highest BCUT2D eigenvalue weighted by atomic mass is 79.9. The van der Waals surface area contributed by atoms with Gasteiger partial charge in [0, 0.05) is 5.82 Å². The van der Waals surface area contributed by atoms with E-state index in [0.29, 0.717) is 0 Å². The molecule has 0 aliphatic rings. The summed E-state index contributed by atoms with van der Waals surface area (Å²) in [7, 11) is 0. The molecule has 0 aromatic heterocycles. The van der Waals surface area contributed by atoms with Crippen LogP contribution in [0.1, 0.15) is 13.8 Å². The maximum Gasteiger partial charge on any atom is 0.275 e. The van der Waals surface area contributed by atoms with Gasteiger partial charge in [0.15, 0.2) is 0 Å². The summed E-state index contributed by atoms with van der Waals surface area (Å²) < 4.78 is 10.9. The number of allylic oxidation sites excluding steroid dienone is 2. The molecule has 0 spiro atoms. The van der Waals surface area contributed by atoms with Crippen LogP contribution in [0.3, 0.4) is 0 Å². The van der Waals surface area contributed by atoms with E-state index < -0.39 is 5.85 Å². The van der Waals surface area contributed by atoms with E-state index in [1.54, 1.807) is 11.9 Å². The lowest BCUT2D eigenvalue weighted by Crippen LogP contribution is -1.74. The molecule has 0 rings (SSSR count). The molecule has 0 aliphatic carbocycles. The normalized spacial score (nSPS) is 15.4. The topological polar surface area (TPSA) is 17.1 Å².